The number of thiophene rings is 1. The van der Waals surface area contributed by atoms with Gasteiger partial charge < -0.3 is 10.1 Å². The maximum absolute atomic E-state index is 5.42. The number of rotatable bonds is 2. The summed E-state index contributed by atoms with van der Waals surface area (Å²) in [5.41, 5.74) is 0. The second-order valence-electron chi connectivity index (χ2n) is 3.24. The van der Waals surface area contributed by atoms with Crippen LogP contribution in [0.25, 0.3) is 0 Å². The highest BCUT2D eigenvalue weighted by atomic mass is 32.1. The van der Waals surface area contributed by atoms with Crippen LogP contribution in [0.15, 0.2) is 12.1 Å². The minimum Gasteiger partial charge on any atom is -0.378 e. The quantitative estimate of drug-likeness (QED) is 0.782. The fourth-order valence-corrected chi connectivity index (χ4v) is 2.53. The van der Waals surface area contributed by atoms with Crippen molar-refractivity contribution in [3.05, 3.63) is 21.9 Å². The van der Waals surface area contributed by atoms with Gasteiger partial charge in [-0.25, -0.2) is 0 Å². The minimum atomic E-state index is 0.430. The van der Waals surface area contributed by atoms with E-state index < -0.39 is 0 Å². The van der Waals surface area contributed by atoms with Crippen molar-refractivity contribution in [2.75, 3.05) is 19.8 Å². The summed E-state index contributed by atoms with van der Waals surface area (Å²) in [4.78, 5) is 2.87. The molecule has 2 rings (SSSR count). The third-order valence-electron chi connectivity index (χ3n) is 2.30. The highest BCUT2D eigenvalue weighted by Gasteiger charge is 2.16. The Bertz CT molecular complexity index is 266. The van der Waals surface area contributed by atoms with E-state index in [1.807, 2.05) is 11.3 Å². The third kappa shape index (κ3) is 2.10. The molecule has 1 fully saturated rings. The molecule has 0 bridgehead atoms. The normalized spacial score (nSPS) is 23.3. The zero-order valence-corrected chi connectivity index (χ0v) is 8.69. The lowest BCUT2D eigenvalue weighted by molar-refractivity contribution is 0.0779. The first-order chi connectivity index (χ1) is 6.40. The predicted molar refractivity (Wildman–Crippen MR) is 55.3 cm³/mol. The van der Waals surface area contributed by atoms with Crippen LogP contribution >= 0.6 is 11.3 Å². The van der Waals surface area contributed by atoms with Gasteiger partial charge in [-0.2, -0.15) is 0 Å². The van der Waals surface area contributed by atoms with Gasteiger partial charge in [-0.15, -0.1) is 11.3 Å². The Balaban J connectivity index is 2.05. The molecule has 1 N–H and O–H groups in total. The highest BCUT2D eigenvalue weighted by Crippen LogP contribution is 2.24. The third-order valence-corrected chi connectivity index (χ3v) is 3.64. The monoisotopic (exact) mass is 197 g/mol. The lowest BCUT2D eigenvalue weighted by atomic mass is 10.2. The van der Waals surface area contributed by atoms with Crippen molar-refractivity contribution in [1.82, 2.24) is 5.32 Å². The zero-order valence-electron chi connectivity index (χ0n) is 7.88. The minimum absolute atomic E-state index is 0.430. The van der Waals surface area contributed by atoms with Gasteiger partial charge in [0.2, 0.25) is 0 Å². The largest absolute Gasteiger partial charge is 0.378 e. The smallest absolute Gasteiger partial charge is 0.0670 e. The van der Waals surface area contributed by atoms with Crippen LogP contribution in [0.1, 0.15) is 22.7 Å². The lowest BCUT2D eigenvalue weighted by Crippen LogP contribution is -2.33. The summed E-state index contributed by atoms with van der Waals surface area (Å²) in [6.45, 7) is 4.84. The van der Waals surface area contributed by atoms with Crippen molar-refractivity contribution >= 4 is 11.3 Å². The van der Waals surface area contributed by atoms with E-state index in [1.165, 1.54) is 9.75 Å². The molecule has 1 aliphatic heterocycles. The van der Waals surface area contributed by atoms with E-state index in [0.717, 1.165) is 26.2 Å². The van der Waals surface area contributed by atoms with E-state index in [1.54, 1.807) is 0 Å². The van der Waals surface area contributed by atoms with Crippen LogP contribution in [-0.4, -0.2) is 19.8 Å². The van der Waals surface area contributed by atoms with E-state index in [9.17, 15) is 0 Å². The zero-order chi connectivity index (χ0) is 9.10. The van der Waals surface area contributed by atoms with Gasteiger partial charge in [0, 0.05) is 16.3 Å². The summed E-state index contributed by atoms with van der Waals surface area (Å²) in [6.07, 6.45) is 1.14. The van der Waals surface area contributed by atoms with E-state index in [-0.39, 0.29) is 0 Å². The van der Waals surface area contributed by atoms with Gasteiger partial charge in [-0.1, -0.05) is 6.92 Å². The molecule has 1 aliphatic rings. The summed E-state index contributed by atoms with van der Waals surface area (Å²) in [5, 5.41) is 3.46. The lowest BCUT2D eigenvalue weighted by Gasteiger charge is -2.22. The molecule has 0 radical (unpaired) electrons. The van der Waals surface area contributed by atoms with Crippen LogP contribution in [0.2, 0.25) is 0 Å². The van der Waals surface area contributed by atoms with Gasteiger partial charge in [-0.05, 0) is 18.6 Å². The Morgan fingerprint density at radius 2 is 2.54 bits per heavy atom. The van der Waals surface area contributed by atoms with Crippen molar-refractivity contribution in [2.24, 2.45) is 0 Å². The number of aryl methyl sites for hydroxylation is 1. The Labute approximate surface area is 82.9 Å². The average molecular weight is 197 g/mol. The van der Waals surface area contributed by atoms with Gasteiger partial charge in [0.15, 0.2) is 0 Å². The van der Waals surface area contributed by atoms with Gasteiger partial charge in [0.05, 0.1) is 19.3 Å². The molecule has 0 unspecified atom stereocenters. The summed E-state index contributed by atoms with van der Waals surface area (Å²) in [5.74, 6) is 0. The molecule has 13 heavy (non-hydrogen) atoms. The molecule has 72 valence electrons. The first-order valence-corrected chi connectivity index (χ1v) is 5.61. The van der Waals surface area contributed by atoms with Crippen LogP contribution < -0.4 is 5.32 Å². The van der Waals surface area contributed by atoms with Gasteiger partial charge in [0.1, 0.15) is 0 Å². The van der Waals surface area contributed by atoms with E-state index in [4.69, 9.17) is 4.74 Å². The number of hydrogen-bond acceptors (Lipinski definition) is 3. The Morgan fingerprint density at radius 1 is 1.62 bits per heavy atom. The Kier molecular flexibility index (Phi) is 2.98. The fraction of sp³-hybridized carbons (Fsp3) is 0.600. The number of hydrogen-bond donors (Lipinski definition) is 1. The molecule has 0 saturated carbocycles. The molecule has 0 aliphatic carbocycles. The molecular weight excluding hydrogens is 182 g/mol. The highest BCUT2D eigenvalue weighted by molar-refractivity contribution is 7.12. The molecule has 0 aromatic carbocycles. The van der Waals surface area contributed by atoms with Gasteiger partial charge in [-0.3, -0.25) is 0 Å². The van der Waals surface area contributed by atoms with Crippen LogP contribution in [0.4, 0.5) is 0 Å². The van der Waals surface area contributed by atoms with Crippen molar-refractivity contribution in [3.8, 4) is 0 Å². The molecule has 1 atom stereocenters. The molecule has 0 spiro atoms. The SMILES string of the molecule is CCc1ccc([C@H]2COCCN2)s1. The van der Waals surface area contributed by atoms with Gasteiger partial charge in [0.25, 0.3) is 0 Å². The number of ether oxygens (including phenoxy) is 1. The van der Waals surface area contributed by atoms with E-state index in [2.05, 4.69) is 24.4 Å². The molecule has 2 nitrogen and oxygen atoms in total. The van der Waals surface area contributed by atoms with Crippen LogP contribution in [0.5, 0.6) is 0 Å². The molecule has 1 saturated heterocycles. The fourth-order valence-electron chi connectivity index (χ4n) is 1.52. The molecule has 0 amide bonds. The molecule has 1 aromatic heterocycles. The predicted octanol–water partition coefficient (Wildman–Crippen LogP) is 1.97. The van der Waals surface area contributed by atoms with Crippen LogP contribution in [0, 0.1) is 0 Å². The summed E-state index contributed by atoms with van der Waals surface area (Å²) >= 11 is 1.90. The van der Waals surface area contributed by atoms with Crippen molar-refractivity contribution in [3.63, 3.8) is 0 Å². The van der Waals surface area contributed by atoms with Crippen LogP contribution in [-0.2, 0) is 11.2 Å². The Hall–Kier alpha value is -0.380. The van der Waals surface area contributed by atoms with Crippen molar-refractivity contribution in [2.45, 2.75) is 19.4 Å². The molecule has 3 heteroatoms. The second-order valence-corrected chi connectivity index (χ2v) is 4.44. The average Bonchev–Trinajstić information content (AvgIpc) is 2.67. The molecular formula is C10H15NOS. The Morgan fingerprint density at radius 3 is 3.15 bits per heavy atom. The van der Waals surface area contributed by atoms with Crippen LogP contribution in [0.3, 0.4) is 0 Å². The van der Waals surface area contributed by atoms with Crippen molar-refractivity contribution in [1.29, 1.82) is 0 Å². The maximum atomic E-state index is 5.42. The van der Waals surface area contributed by atoms with E-state index in [0.29, 0.717) is 6.04 Å². The second kappa shape index (κ2) is 4.22. The first-order valence-electron chi connectivity index (χ1n) is 4.80. The topological polar surface area (TPSA) is 21.3 Å². The first kappa shape index (κ1) is 9.19. The summed E-state index contributed by atoms with van der Waals surface area (Å²) in [6, 6.07) is 4.87. The molecule has 1 aromatic rings. The summed E-state index contributed by atoms with van der Waals surface area (Å²) in [7, 11) is 0. The molecule has 2 heterocycles. The summed E-state index contributed by atoms with van der Waals surface area (Å²) < 4.78 is 5.42. The number of nitrogens with one attached hydrogen (secondary N) is 1. The van der Waals surface area contributed by atoms with Gasteiger partial charge >= 0.3 is 0 Å². The standard InChI is InChI=1S/C10H15NOS/c1-2-8-3-4-10(13-8)9-7-12-6-5-11-9/h3-4,9,11H,2,5-7H2,1H3/t9-/m1/s1. The van der Waals surface area contributed by atoms with E-state index >= 15 is 0 Å². The maximum Gasteiger partial charge on any atom is 0.0670 e. The van der Waals surface area contributed by atoms with Crippen molar-refractivity contribution < 1.29 is 4.74 Å². The number of morpholine rings is 1.